The molecule has 0 aliphatic carbocycles. The Bertz CT molecular complexity index is 611. The summed E-state index contributed by atoms with van der Waals surface area (Å²) in [4.78, 5) is 24.4. The third-order valence-electron chi connectivity index (χ3n) is 3.73. The van der Waals surface area contributed by atoms with E-state index in [1.165, 1.54) is 24.3 Å². The monoisotopic (exact) mass is 327 g/mol. The van der Waals surface area contributed by atoms with Gasteiger partial charge in [0.25, 0.3) is 0 Å². The Balaban J connectivity index is 2.35. The molecule has 1 heterocycles. The molecule has 23 heavy (non-hydrogen) atoms. The van der Waals surface area contributed by atoms with Gasteiger partial charge in [-0.15, -0.1) is 0 Å². The van der Waals surface area contributed by atoms with Crippen LogP contribution in [0.1, 0.15) is 24.8 Å². The first-order valence-corrected chi connectivity index (χ1v) is 7.18. The first-order valence-electron chi connectivity index (χ1n) is 7.18. The maximum Gasteiger partial charge on any atom is 0.417 e. The highest BCUT2D eigenvalue weighted by Gasteiger charge is 2.37. The average molecular weight is 327 g/mol. The van der Waals surface area contributed by atoms with Crippen LogP contribution in [0.5, 0.6) is 0 Å². The van der Waals surface area contributed by atoms with Crippen molar-refractivity contribution in [1.29, 1.82) is 0 Å². The van der Waals surface area contributed by atoms with E-state index in [9.17, 15) is 22.8 Å². The Kier molecular flexibility index (Phi) is 5.08. The molecule has 2 rings (SSSR count). The summed E-state index contributed by atoms with van der Waals surface area (Å²) in [5.41, 5.74) is -1.20. The number of amides is 1. The van der Waals surface area contributed by atoms with Crippen LogP contribution in [-0.2, 0) is 9.59 Å². The van der Waals surface area contributed by atoms with Crippen LogP contribution in [0.2, 0.25) is 0 Å². The third kappa shape index (κ3) is 4.12. The van der Waals surface area contributed by atoms with Crippen LogP contribution in [0.15, 0.2) is 36.4 Å². The number of carbonyl (C=O) groups is 2. The molecule has 1 aromatic rings. The second-order valence-electron chi connectivity index (χ2n) is 5.30. The molecule has 4 nitrogen and oxygen atoms in total. The predicted octanol–water partition coefficient (Wildman–Crippen LogP) is 3.10. The number of allylic oxidation sites excluding steroid dienone is 1. The summed E-state index contributed by atoms with van der Waals surface area (Å²) in [6, 6.07) is 5.91. The molecule has 7 heteroatoms. The standard InChI is InChI=1S/C16H16F3NO3/c17-16(18,19)12(11-6-2-1-3-7-11)10-14(21)20-9-5-4-8-13(20)15(22)23/h1-3,6-7,10,13H,4-5,8-9H2,(H,22,23). The highest BCUT2D eigenvalue weighted by atomic mass is 19.4. The molecule has 1 unspecified atom stereocenters. The van der Waals surface area contributed by atoms with Crippen LogP contribution in [-0.4, -0.2) is 40.6 Å². The highest BCUT2D eigenvalue weighted by molar-refractivity contribution is 5.98. The fourth-order valence-electron chi connectivity index (χ4n) is 2.61. The minimum absolute atomic E-state index is 0.128. The van der Waals surface area contributed by atoms with E-state index < -0.39 is 29.7 Å². The number of hydrogen-bond donors (Lipinski definition) is 1. The molecule has 1 saturated heterocycles. The molecule has 0 spiro atoms. The molecule has 0 bridgehead atoms. The van der Waals surface area contributed by atoms with Gasteiger partial charge in [0.1, 0.15) is 6.04 Å². The third-order valence-corrected chi connectivity index (χ3v) is 3.73. The van der Waals surface area contributed by atoms with Crippen molar-refractivity contribution in [3.05, 3.63) is 42.0 Å². The van der Waals surface area contributed by atoms with Gasteiger partial charge in [-0.3, -0.25) is 4.79 Å². The Morgan fingerprint density at radius 1 is 1.17 bits per heavy atom. The number of likely N-dealkylation sites (tertiary alicyclic amines) is 1. The van der Waals surface area contributed by atoms with Gasteiger partial charge in [0.2, 0.25) is 5.91 Å². The number of benzene rings is 1. The number of piperidine rings is 1. The van der Waals surface area contributed by atoms with E-state index in [-0.39, 0.29) is 18.5 Å². The van der Waals surface area contributed by atoms with E-state index in [0.717, 1.165) is 4.90 Å². The molecule has 1 atom stereocenters. The van der Waals surface area contributed by atoms with Crippen molar-refractivity contribution in [3.63, 3.8) is 0 Å². The number of alkyl halides is 3. The zero-order valence-electron chi connectivity index (χ0n) is 12.2. The van der Waals surface area contributed by atoms with Gasteiger partial charge in [-0.1, -0.05) is 30.3 Å². The summed E-state index contributed by atoms with van der Waals surface area (Å²) in [6.07, 6.45) is -2.74. The van der Waals surface area contributed by atoms with Crippen LogP contribution < -0.4 is 0 Å². The summed E-state index contributed by atoms with van der Waals surface area (Å²) in [5.74, 6) is -2.12. The summed E-state index contributed by atoms with van der Waals surface area (Å²) < 4.78 is 39.7. The van der Waals surface area contributed by atoms with E-state index in [1.54, 1.807) is 6.07 Å². The fourth-order valence-corrected chi connectivity index (χ4v) is 2.61. The van der Waals surface area contributed by atoms with Crippen LogP contribution in [0.3, 0.4) is 0 Å². The normalized spacial score (nSPS) is 19.5. The molecule has 1 aliphatic rings. The molecule has 1 aromatic carbocycles. The first kappa shape index (κ1) is 17.1. The lowest BCUT2D eigenvalue weighted by Gasteiger charge is -2.32. The molecule has 0 radical (unpaired) electrons. The smallest absolute Gasteiger partial charge is 0.417 e. The van der Waals surface area contributed by atoms with Crippen LogP contribution >= 0.6 is 0 Å². The van der Waals surface area contributed by atoms with Crippen molar-refractivity contribution in [2.75, 3.05) is 6.54 Å². The Hall–Kier alpha value is -2.31. The molecule has 1 amide bonds. The van der Waals surface area contributed by atoms with Crippen LogP contribution in [0.4, 0.5) is 13.2 Å². The van der Waals surface area contributed by atoms with E-state index in [0.29, 0.717) is 18.9 Å². The topological polar surface area (TPSA) is 57.6 Å². The summed E-state index contributed by atoms with van der Waals surface area (Å²) in [7, 11) is 0. The maximum atomic E-state index is 13.2. The van der Waals surface area contributed by atoms with Gasteiger partial charge in [0, 0.05) is 12.6 Å². The number of nitrogens with zero attached hydrogens (tertiary/aromatic N) is 1. The SMILES string of the molecule is O=C(O)C1CCCCN1C(=O)C=C(c1ccccc1)C(F)(F)F. The van der Waals surface area contributed by atoms with E-state index in [1.807, 2.05) is 0 Å². The average Bonchev–Trinajstić information content (AvgIpc) is 2.52. The first-order chi connectivity index (χ1) is 10.8. The van der Waals surface area contributed by atoms with E-state index >= 15 is 0 Å². The number of aliphatic carboxylic acids is 1. The van der Waals surface area contributed by atoms with E-state index in [2.05, 4.69) is 0 Å². The van der Waals surface area contributed by atoms with Crippen molar-refractivity contribution in [1.82, 2.24) is 4.90 Å². The zero-order chi connectivity index (χ0) is 17.0. The van der Waals surface area contributed by atoms with Gasteiger partial charge >= 0.3 is 12.1 Å². The molecule has 0 aromatic heterocycles. The lowest BCUT2D eigenvalue weighted by Crippen LogP contribution is -2.47. The lowest BCUT2D eigenvalue weighted by atomic mass is 10.0. The zero-order valence-corrected chi connectivity index (χ0v) is 12.2. The molecular formula is C16H16F3NO3. The number of carboxylic acid groups (broad SMARTS) is 1. The van der Waals surface area contributed by atoms with Crippen molar-refractivity contribution in [2.24, 2.45) is 0 Å². The van der Waals surface area contributed by atoms with Crippen molar-refractivity contribution in [2.45, 2.75) is 31.5 Å². The molecule has 0 saturated carbocycles. The van der Waals surface area contributed by atoms with Gasteiger partial charge in [-0.25, -0.2) is 4.79 Å². The Morgan fingerprint density at radius 2 is 1.83 bits per heavy atom. The van der Waals surface area contributed by atoms with Gasteiger partial charge in [-0.2, -0.15) is 13.2 Å². The largest absolute Gasteiger partial charge is 0.480 e. The van der Waals surface area contributed by atoms with Crippen molar-refractivity contribution >= 4 is 17.4 Å². The van der Waals surface area contributed by atoms with E-state index in [4.69, 9.17) is 5.11 Å². The summed E-state index contributed by atoms with van der Waals surface area (Å²) >= 11 is 0. The minimum Gasteiger partial charge on any atom is -0.480 e. The van der Waals surface area contributed by atoms with Gasteiger partial charge in [-0.05, 0) is 24.8 Å². The van der Waals surface area contributed by atoms with Crippen LogP contribution in [0, 0.1) is 0 Å². The number of hydrogen-bond acceptors (Lipinski definition) is 2. The predicted molar refractivity (Wildman–Crippen MR) is 77.5 cm³/mol. The van der Waals surface area contributed by atoms with Crippen LogP contribution in [0.25, 0.3) is 5.57 Å². The second-order valence-corrected chi connectivity index (χ2v) is 5.30. The Morgan fingerprint density at radius 3 is 2.39 bits per heavy atom. The van der Waals surface area contributed by atoms with Gasteiger partial charge in [0.05, 0.1) is 5.57 Å². The summed E-state index contributed by atoms with van der Waals surface area (Å²) in [5, 5.41) is 9.13. The Labute approximate surface area is 131 Å². The highest BCUT2D eigenvalue weighted by Crippen LogP contribution is 2.34. The molecular weight excluding hydrogens is 311 g/mol. The van der Waals surface area contributed by atoms with Gasteiger partial charge in [0.15, 0.2) is 0 Å². The second kappa shape index (κ2) is 6.85. The van der Waals surface area contributed by atoms with Crippen molar-refractivity contribution in [3.8, 4) is 0 Å². The number of carboxylic acids is 1. The quantitative estimate of drug-likeness (QED) is 0.868. The molecule has 1 aliphatic heterocycles. The molecule has 124 valence electrons. The molecule has 1 N–H and O–H groups in total. The molecule has 1 fully saturated rings. The number of carbonyl (C=O) groups excluding carboxylic acids is 1. The van der Waals surface area contributed by atoms with Gasteiger partial charge < -0.3 is 10.0 Å². The summed E-state index contributed by atoms with van der Waals surface area (Å²) in [6.45, 7) is 0.145. The van der Waals surface area contributed by atoms with Crippen molar-refractivity contribution < 1.29 is 27.9 Å². The number of halogens is 3. The number of rotatable bonds is 3. The minimum atomic E-state index is -4.70. The lowest BCUT2D eigenvalue weighted by molar-refractivity contribution is -0.150. The maximum absolute atomic E-state index is 13.2. The fraction of sp³-hybridized carbons (Fsp3) is 0.375.